The Bertz CT molecular complexity index is 620. The van der Waals surface area contributed by atoms with Crippen molar-refractivity contribution in [2.75, 3.05) is 10.7 Å². The summed E-state index contributed by atoms with van der Waals surface area (Å²) in [6, 6.07) is 8.34. The quantitative estimate of drug-likeness (QED) is 0.592. The molecule has 2 aromatic rings. The fraction of sp³-hybridized carbons (Fsp3) is 0. The number of nitrogens with two attached hydrogens (primary N) is 1. The lowest BCUT2D eigenvalue weighted by Gasteiger charge is -2.10. The first-order valence-electron chi connectivity index (χ1n) is 5.30. The Labute approximate surface area is 123 Å². The van der Waals surface area contributed by atoms with Gasteiger partial charge in [-0.15, -0.1) is 0 Å². The lowest BCUT2D eigenvalue weighted by molar-refractivity contribution is 0.102. The maximum absolute atomic E-state index is 12.2. The highest BCUT2D eigenvalue weighted by atomic mass is 79.9. The third-order valence-corrected chi connectivity index (χ3v) is 3.25. The van der Waals surface area contributed by atoms with Crippen molar-refractivity contribution in [1.29, 1.82) is 0 Å². The molecule has 0 aliphatic carbocycles. The normalized spacial score (nSPS) is 10.1. The Hall–Kier alpha value is -1.63. The van der Waals surface area contributed by atoms with Crippen molar-refractivity contribution >= 4 is 44.9 Å². The van der Waals surface area contributed by atoms with Gasteiger partial charge in [-0.1, -0.05) is 11.6 Å². The number of nitrogens with one attached hydrogen (secondary N) is 2. The monoisotopic (exact) mass is 340 g/mol. The van der Waals surface area contributed by atoms with E-state index in [-0.39, 0.29) is 5.91 Å². The zero-order valence-corrected chi connectivity index (χ0v) is 12.0. The Balaban J connectivity index is 2.30. The summed E-state index contributed by atoms with van der Waals surface area (Å²) < 4.78 is 0.688. The molecule has 1 aromatic heterocycles. The number of anilines is 2. The van der Waals surface area contributed by atoms with Gasteiger partial charge in [-0.3, -0.25) is 10.6 Å². The van der Waals surface area contributed by atoms with Crippen LogP contribution in [0, 0.1) is 0 Å². The van der Waals surface area contributed by atoms with Crippen molar-refractivity contribution in [2.24, 2.45) is 5.84 Å². The standard InChI is InChI=1S/C12H10BrClN4O/c13-9-2-1-5-16-11(9)17-12(19)8-6-7(14)3-4-10(8)18-15/h1-6,18H,15H2,(H,16,17,19). The third-order valence-electron chi connectivity index (χ3n) is 2.37. The number of benzene rings is 1. The van der Waals surface area contributed by atoms with Gasteiger partial charge in [0.1, 0.15) is 5.82 Å². The molecule has 0 radical (unpaired) electrons. The number of nitrogens with zero attached hydrogens (tertiary/aromatic N) is 1. The molecule has 0 unspecified atom stereocenters. The van der Waals surface area contributed by atoms with E-state index in [4.69, 9.17) is 17.4 Å². The predicted molar refractivity (Wildman–Crippen MR) is 79.2 cm³/mol. The molecular formula is C12H10BrClN4O. The minimum absolute atomic E-state index is 0.340. The number of hydrogen-bond donors (Lipinski definition) is 3. The molecule has 0 aliphatic rings. The van der Waals surface area contributed by atoms with Crippen LogP contribution in [0.25, 0.3) is 0 Å². The summed E-state index contributed by atoms with van der Waals surface area (Å²) in [6.45, 7) is 0. The summed E-state index contributed by atoms with van der Waals surface area (Å²) in [6.07, 6.45) is 1.58. The first-order chi connectivity index (χ1) is 9.11. The van der Waals surface area contributed by atoms with Crippen molar-refractivity contribution < 1.29 is 4.79 Å². The van der Waals surface area contributed by atoms with E-state index in [1.165, 1.54) is 6.07 Å². The molecule has 0 atom stereocenters. The third kappa shape index (κ3) is 3.23. The van der Waals surface area contributed by atoms with Crippen molar-refractivity contribution in [1.82, 2.24) is 4.98 Å². The molecule has 0 spiro atoms. The highest BCUT2D eigenvalue weighted by Crippen LogP contribution is 2.23. The molecule has 98 valence electrons. The van der Waals surface area contributed by atoms with Gasteiger partial charge in [0.15, 0.2) is 0 Å². The van der Waals surface area contributed by atoms with Gasteiger partial charge < -0.3 is 10.7 Å². The molecule has 2 rings (SSSR count). The van der Waals surface area contributed by atoms with Crippen LogP contribution in [0.15, 0.2) is 41.0 Å². The smallest absolute Gasteiger partial charge is 0.259 e. The van der Waals surface area contributed by atoms with Crippen molar-refractivity contribution in [3.63, 3.8) is 0 Å². The molecule has 1 heterocycles. The van der Waals surface area contributed by atoms with Crippen LogP contribution in [0.1, 0.15) is 10.4 Å². The second-order valence-electron chi connectivity index (χ2n) is 3.62. The van der Waals surface area contributed by atoms with Crippen LogP contribution in [-0.4, -0.2) is 10.9 Å². The molecule has 5 nitrogen and oxygen atoms in total. The van der Waals surface area contributed by atoms with Gasteiger partial charge in [-0.25, -0.2) is 4.98 Å². The van der Waals surface area contributed by atoms with Gasteiger partial charge in [0.2, 0.25) is 0 Å². The zero-order chi connectivity index (χ0) is 13.8. The van der Waals surface area contributed by atoms with E-state index in [1.807, 2.05) is 0 Å². The van der Waals surface area contributed by atoms with Crippen molar-refractivity contribution in [3.05, 3.63) is 51.6 Å². The molecule has 0 aliphatic heterocycles. The number of hydrogen-bond acceptors (Lipinski definition) is 4. The van der Waals surface area contributed by atoms with E-state index in [0.29, 0.717) is 26.6 Å². The number of halogens is 2. The second kappa shape index (κ2) is 6.01. The number of aromatic nitrogens is 1. The van der Waals surface area contributed by atoms with Crippen LogP contribution < -0.4 is 16.6 Å². The van der Waals surface area contributed by atoms with Gasteiger partial charge in [0.25, 0.3) is 5.91 Å². The van der Waals surface area contributed by atoms with Crippen LogP contribution >= 0.6 is 27.5 Å². The maximum Gasteiger partial charge on any atom is 0.259 e. The van der Waals surface area contributed by atoms with Gasteiger partial charge in [-0.05, 0) is 46.3 Å². The van der Waals surface area contributed by atoms with Crippen LogP contribution in [0.3, 0.4) is 0 Å². The zero-order valence-electron chi connectivity index (χ0n) is 9.65. The van der Waals surface area contributed by atoms with E-state index in [9.17, 15) is 4.79 Å². The average Bonchev–Trinajstić information content (AvgIpc) is 2.41. The molecule has 19 heavy (non-hydrogen) atoms. The van der Waals surface area contributed by atoms with Crippen LogP contribution in [0.4, 0.5) is 11.5 Å². The Kier molecular flexibility index (Phi) is 4.36. The molecule has 1 amide bonds. The van der Waals surface area contributed by atoms with Gasteiger partial charge >= 0.3 is 0 Å². The summed E-state index contributed by atoms with van der Waals surface area (Å²) in [4.78, 5) is 16.2. The summed E-state index contributed by atoms with van der Waals surface area (Å²) in [5.74, 6) is 5.44. The van der Waals surface area contributed by atoms with Crippen molar-refractivity contribution in [3.8, 4) is 0 Å². The number of hydrazine groups is 1. The maximum atomic E-state index is 12.2. The topological polar surface area (TPSA) is 80.0 Å². The Morgan fingerprint density at radius 2 is 2.16 bits per heavy atom. The van der Waals surface area contributed by atoms with E-state index >= 15 is 0 Å². The number of rotatable bonds is 3. The minimum Gasteiger partial charge on any atom is -0.323 e. The molecular weight excluding hydrogens is 332 g/mol. The fourth-order valence-corrected chi connectivity index (χ4v) is 2.01. The number of amides is 1. The molecule has 0 bridgehead atoms. The molecule has 7 heteroatoms. The Morgan fingerprint density at radius 3 is 2.84 bits per heavy atom. The van der Waals surface area contributed by atoms with Crippen LogP contribution in [0.5, 0.6) is 0 Å². The molecule has 0 fully saturated rings. The SMILES string of the molecule is NNc1ccc(Cl)cc1C(=O)Nc1ncccc1Br. The van der Waals surface area contributed by atoms with E-state index in [1.54, 1.807) is 30.5 Å². The van der Waals surface area contributed by atoms with Gasteiger partial charge in [0.05, 0.1) is 15.7 Å². The largest absolute Gasteiger partial charge is 0.323 e. The Morgan fingerprint density at radius 1 is 1.37 bits per heavy atom. The fourth-order valence-electron chi connectivity index (χ4n) is 1.48. The number of carbonyl (C=O) groups excluding carboxylic acids is 1. The first-order valence-corrected chi connectivity index (χ1v) is 6.47. The molecule has 0 saturated carbocycles. The molecule has 0 saturated heterocycles. The van der Waals surface area contributed by atoms with Crippen molar-refractivity contribution in [2.45, 2.75) is 0 Å². The van der Waals surface area contributed by atoms with E-state index in [0.717, 1.165) is 0 Å². The van der Waals surface area contributed by atoms with Gasteiger partial charge in [-0.2, -0.15) is 0 Å². The lowest BCUT2D eigenvalue weighted by atomic mass is 10.1. The number of nitrogen functional groups attached to an aromatic ring is 1. The lowest BCUT2D eigenvalue weighted by Crippen LogP contribution is -2.18. The minimum atomic E-state index is -0.352. The summed E-state index contributed by atoms with van der Waals surface area (Å²) >= 11 is 9.18. The highest BCUT2D eigenvalue weighted by molar-refractivity contribution is 9.10. The molecule has 4 N–H and O–H groups in total. The summed E-state index contributed by atoms with van der Waals surface area (Å²) in [5.41, 5.74) is 3.27. The number of pyridine rings is 1. The summed E-state index contributed by atoms with van der Waals surface area (Å²) in [7, 11) is 0. The van der Waals surface area contributed by atoms with Crippen LogP contribution in [0.2, 0.25) is 5.02 Å². The van der Waals surface area contributed by atoms with E-state index in [2.05, 4.69) is 31.7 Å². The van der Waals surface area contributed by atoms with E-state index < -0.39 is 0 Å². The predicted octanol–water partition coefficient (Wildman–Crippen LogP) is 3.04. The van der Waals surface area contributed by atoms with Crippen LogP contribution in [-0.2, 0) is 0 Å². The average molecular weight is 342 g/mol. The first kappa shape index (κ1) is 13.8. The molecule has 1 aromatic carbocycles. The highest BCUT2D eigenvalue weighted by Gasteiger charge is 2.13. The number of carbonyl (C=O) groups is 1. The summed E-state index contributed by atoms with van der Waals surface area (Å²) in [5, 5.41) is 3.13. The van der Waals surface area contributed by atoms with Gasteiger partial charge in [0, 0.05) is 11.2 Å². The second-order valence-corrected chi connectivity index (χ2v) is 4.91.